The van der Waals surface area contributed by atoms with Crippen LogP contribution < -0.4 is 0 Å². The van der Waals surface area contributed by atoms with Crippen LogP contribution in [0.4, 0.5) is 0 Å². The van der Waals surface area contributed by atoms with E-state index in [1.54, 1.807) is 0 Å². The Morgan fingerprint density at radius 1 is 1.00 bits per heavy atom. The maximum atomic E-state index is 13.1. The fourth-order valence-electron chi connectivity index (χ4n) is 4.04. The van der Waals surface area contributed by atoms with Gasteiger partial charge in [0.1, 0.15) is 0 Å². The molecule has 1 heterocycles. The third-order valence-electron chi connectivity index (χ3n) is 5.50. The number of rotatable bonds is 6. The van der Waals surface area contributed by atoms with Gasteiger partial charge in [-0.1, -0.05) is 78.7 Å². The van der Waals surface area contributed by atoms with Gasteiger partial charge in [0.2, 0.25) is 5.91 Å². The minimum Gasteiger partial charge on any atom is -0.390 e. The van der Waals surface area contributed by atoms with Gasteiger partial charge in [-0.25, -0.2) is 0 Å². The van der Waals surface area contributed by atoms with Gasteiger partial charge in [0.05, 0.1) is 12.3 Å². The van der Waals surface area contributed by atoms with E-state index in [2.05, 4.69) is 29.4 Å². The smallest absolute Gasteiger partial charge is 0.226 e. The molecule has 0 saturated heterocycles. The van der Waals surface area contributed by atoms with Crippen LogP contribution in [-0.4, -0.2) is 29.2 Å². The molecule has 4 nitrogen and oxygen atoms in total. The summed E-state index contributed by atoms with van der Waals surface area (Å²) in [5, 5.41) is 4.28. The van der Waals surface area contributed by atoms with Crippen molar-refractivity contribution in [3.8, 4) is 0 Å². The first-order chi connectivity index (χ1) is 13.3. The molecular formula is C23H26N2O2. The van der Waals surface area contributed by atoms with Crippen molar-refractivity contribution in [3.63, 3.8) is 0 Å². The van der Waals surface area contributed by atoms with Crippen molar-refractivity contribution < 1.29 is 9.63 Å². The van der Waals surface area contributed by atoms with Gasteiger partial charge >= 0.3 is 0 Å². The van der Waals surface area contributed by atoms with Crippen LogP contribution in [0.1, 0.15) is 43.2 Å². The molecule has 1 aliphatic carbocycles. The van der Waals surface area contributed by atoms with Crippen LogP contribution in [0.25, 0.3) is 0 Å². The predicted molar refractivity (Wildman–Crippen MR) is 106 cm³/mol. The van der Waals surface area contributed by atoms with Crippen molar-refractivity contribution in [2.24, 2.45) is 11.1 Å². The van der Waals surface area contributed by atoms with E-state index in [-0.39, 0.29) is 17.9 Å². The summed E-state index contributed by atoms with van der Waals surface area (Å²) in [7, 11) is 0. The summed E-state index contributed by atoms with van der Waals surface area (Å²) in [4.78, 5) is 20.8. The van der Waals surface area contributed by atoms with Crippen LogP contribution in [0.5, 0.6) is 0 Å². The Bertz CT molecular complexity index is 783. The number of nitrogens with zero attached hydrogens (tertiary/aromatic N) is 2. The van der Waals surface area contributed by atoms with E-state index < -0.39 is 0 Å². The lowest BCUT2D eigenvalue weighted by molar-refractivity contribution is -0.137. The van der Waals surface area contributed by atoms with Gasteiger partial charge in [-0.15, -0.1) is 0 Å². The summed E-state index contributed by atoms with van der Waals surface area (Å²) >= 11 is 0. The molecule has 27 heavy (non-hydrogen) atoms. The van der Waals surface area contributed by atoms with Crippen molar-refractivity contribution >= 4 is 11.6 Å². The number of carbonyl (C=O) groups is 1. The summed E-state index contributed by atoms with van der Waals surface area (Å²) < 4.78 is 0. The Labute approximate surface area is 160 Å². The lowest BCUT2D eigenvalue weighted by Gasteiger charge is -2.27. The lowest BCUT2D eigenvalue weighted by atomic mass is 10.0. The van der Waals surface area contributed by atoms with Crippen molar-refractivity contribution in [1.29, 1.82) is 0 Å². The average molecular weight is 362 g/mol. The maximum Gasteiger partial charge on any atom is 0.226 e. The molecule has 2 aliphatic rings. The van der Waals surface area contributed by atoms with Gasteiger partial charge < -0.3 is 9.74 Å². The Balaban J connectivity index is 1.44. The second kappa shape index (κ2) is 8.38. The van der Waals surface area contributed by atoms with Crippen molar-refractivity contribution in [2.45, 2.75) is 44.8 Å². The third kappa shape index (κ3) is 4.38. The zero-order chi connectivity index (χ0) is 18.5. The van der Waals surface area contributed by atoms with Crippen LogP contribution in [0.15, 0.2) is 65.8 Å². The SMILES string of the molecule is O=C(C1CCCC1)N(Cc1ccccc1)C[C@@H]1CC(c2ccccc2)=NO1. The first-order valence-electron chi connectivity index (χ1n) is 9.90. The highest BCUT2D eigenvalue weighted by molar-refractivity contribution is 6.01. The number of oxime groups is 1. The molecule has 0 spiro atoms. The molecule has 1 atom stereocenters. The number of amides is 1. The number of hydrogen-bond donors (Lipinski definition) is 0. The second-order valence-electron chi connectivity index (χ2n) is 7.52. The minimum atomic E-state index is -0.0747. The molecule has 0 bridgehead atoms. The van der Waals surface area contributed by atoms with E-state index in [1.165, 1.54) is 0 Å². The third-order valence-corrected chi connectivity index (χ3v) is 5.50. The Hall–Kier alpha value is -2.62. The number of benzene rings is 2. The highest BCUT2D eigenvalue weighted by atomic mass is 16.6. The van der Waals surface area contributed by atoms with E-state index in [4.69, 9.17) is 4.84 Å². The molecular weight excluding hydrogens is 336 g/mol. The van der Waals surface area contributed by atoms with Crippen LogP contribution in [0, 0.1) is 5.92 Å². The summed E-state index contributed by atoms with van der Waals surface area (Å²) in [5.74, 6) is 0.442. The number of carbonyl (C=O) groups excluding carboxylic acids is 1. The summed E-state index contributed by atoms with van der Waals surface area (Å²) in [6, 6.07) is 20.3. The van der Waals surface area contributed by atoms with Gasteiger partial charge in [-0.05, 0) is 24.0 Å². The van der Waals surface area contributed by atoms with E-state index in [0.29, 0.717) is 13.1 Å². The molecule has 2 aromatic rings. The standard InChI is InChI=1S/C23H26N2O2/c26-23(20-13-7-8-14-20)25(16-18-9-3-1-4-10-18)17-21-15-22(24-27-21)19-11-5-2-6-12-19/h1-6,9-12,20-21H,7-8,13-17H2/t21-/m0/s1. The van der Waals surface area contributed by atoms with Crippen molar-refractivity contribution in [3.05, 3.63) is 71.8 Å². The first-order valence-corrected chi connectivity index (χ1v) is 9.90. The van der Waals surface area contributed by atoms with Crippen LogP contribution in [-0.2, 0) is 16.2 Å². The van der Waals surface area contributed by atoms with Crippen LogP contribution in [0.2, 0.25) is 0 Å². The molecule has 0 aromatic heterocycles. The molecule has 2 aromatic carbocycles. The fraction of sp³-hybridized carbons (Fsp3) is 0.391. The van der Waals surface area contributed by atoms with E-state index in [0.717, 1.165) is 48.9 Å². The Kier molecular flexibility index (Phi) is 5.52. The van der Waals surface area contributed by atoms with Crippen LogP contribution >= 0.6 is 0 Å². The Morgan fingerprint density at radius 2 is 1.67 bits per heavy atom. The maximum absolute atomic E-state index is 13.1. The minimum absolute atomic E-state index is 0.0747. The second-order valence-corrected chi connectivity index (χ2v) is 7.52. The summed E-state index contributed by atoms with van der Waals surface area (Å²) in [6.07, 6.45) is 5.03. The van der Waals surface area contributed by atoms with Gasteiger partial charge in [0, 0.05) is 18.9 Å². The molecule has 0 unspecified atom stereocenters. The molecule has 140 valence electrons. The van der Waals surface area contributed by atoms with Gasteiger partial charge in [-0.2, -0.15) is 0 Å². The topological polar surface area (TPSA) is 41.9 Å². The van der Waals surface area contributed by atoms with E-state index in [1.807, 2.05) is 41.3 Å². The first kappa shape index (κ1) is 17.8. The van der Waals surface area contributed by atoms with Crippen molar-refractivity contribution in [1.82, 2.24) is 4.90 Å². The van der Waals surface area contributed by atoms with E-state index in [9.17, 15) is 4.79 Å². The summed E-state index contributed by atoms with van der Waals surface area (Å²) in [5.41, 5.74) is 3.22. The largest absolute Gasteiger partial charge is 0.390 e. The van der Waals surface area contributed by atoms with Crippen molar-refractivity contribution in [2.75, 3.05) is 6.54 Å². The normalized spacial score (nSPS) is 19.6. The molecule has 1 amide bonds. The Morgan fingerprint density at radius 3 is 2.37 bits per heavy atom. The highest BCUT2D eigenvalue weighted by Crippen LogP contribution is 2.28. The fourth-order valence-corrected chi connectivity index (χ4v) is 4.04. The monoisotopic (exact) mass is 362 g/mol. The molecule has 1 fully saturated rings. The van der Waals surface area contributed by atoms with Gasteiger partial charge in [0.15, 0.2) is 6.10 Å². The zero-order valence-corrected chi connectivity index (χ0v) is 15.6. The van der Waals surface area contributed by atoms with Gasteiger partial charge in [-0.3, -0.25) is 4.79 Å². The number of hydrogen-bond acceptors (Lipinski definition) is 3. The molecule has 1 aliphatic heterocycles. The molecule has 1 saturated carbocycles. The summed E-state index contributed by atoms with van der Waals surface area (Å²) in [6.45, 7) is 1.22. The average Bonchev–Trinajstić information content (AvgIpc) is 3.41. The van der Waals surface area contributed by atoms with Gasteiger partial charge in [0.25, 0.3) is 0 Å². The predicted octanol–water partition coefficient (Wildman–Crippen LogP) is 4.40. The molecule has 0 N–H and O–H groups in total. The zero-order valence-electron chi connectivity index (χ0n) is 15.6. The quantitative estimate of drug-likeness (QED) is 0.764. The highest BCUT2D eigenvalue weighted by Gasteiger charge is 2.31. The van der Waals surface area contributed by atoms with E-state index >= 15 is 0 Å². The lowest BCUT2D eigenvalue weighted by Crippen LogP contribution is -2.40. The van der Waals surface area contributed by atoms with Crippen LogP contribution in [0.3, 0.4) is 0 Å². The molecule has 4 heteroatoms. The molecule has 0 radical (unpaired) electrons. The molecule has 4 rings (SSSR count).